The Hall–Kier alpha value is -2.79. The van der Waals surface area contributed by atoms with Gasteiger partial charge in [0.05, 0.1) is 5.69 Å². The highest BCUT2D eigenvalue weighted by molar-refractivity contribution is 6.30. The maximum absolute atomic E-state index is 12.4. The van der Waals surface area contributed by atoms with Crippen molar-refractivity contribution >= 4 is 23.2 Å². The van der Waals surface area contributed by atoms with Crippen molar-refractivity contribution in [3.05, 3.63) is 70.9 Å². The third-order valence-electron chi connectivity index (χ3n) is 3.47. The largest absolute Gasteiger partial charge is 0.437 e. The Morgan fingerprint density at radius 1 is 1.12 bits per heavy atom. The van der Waals surface area contributed by atoms with Gasteiger partial charge in [-0.05, 0) is 43.3 Å². The standard InChI is InChI=1S/C18H16ClN3O2/c1-12-16(20-17(23)13-6-4-3-5-7-13)18(22(2)21-12)24-15-10-8-14(19)9-11-15/h3-11H,1-2H3,(H,20,23). The summed E-state index contributed by atoms with van der Waals surface area (Å²) in [6.07, 6.45) is 0. The second kappa shape index (κ2) is 6.76. The monoisotopic (exact) mass is 341 g/mol. The molecule has 0 fully saturated rings. The Labute approximate surface area is 144 Å². The topological polar surface area (TPSA) is 56.1 Å². The fraction of sp³-hybridized carbons (Fsp3) is 0.111. The minimum absolute atomic E-state index is 0.215. The smallest absolute Gasteiger partial charge is 0.255 e. The molecule has 0 atom stereocenters. The molecule has 0 aliphatic heterocycles. The third-order valence-corrected chi connectivity index (χ3v) is 3.72. The van der Waals surface area contributed by atoms with Crippen LogP contribution in [0.5, 0.6) is 11.6 Å². The summed E-state index contributed by atoms with van der Waals surface area (Å²) in [4.78, 5) is 12.4. The average molecular weight is 342 g/mol. The quantitative estimate of drug-likeness (QED) is 0.764. The van der Waals surface area contributed by atoms with Crippen LogP contribution in [0.4, 0.5) is 5.69 Å². The zero-order valence-electron chi connectivity index (χ0n) is 13.3. The van der Waals surface area contributed by atoms with Crippen LogP contribution in [-0.2, 0) is 7.05 Å². The molecule has 5 nitrogen and oxygen atoms in total. The predicted molar refractivity (Wildman–Crippen MR) is 93.9 cm³/mol. The first-order chi connectivity index (χ1) is 11.5. The first-order valence-corrected chi connectivity index (χ1v) is 7.76. The lowest BCUT2D eigenvalue weighted by Crippen LogP contribution is -2.12. The summed E-state index contributed by atoms with van der Waals surface area (Å²) in [6.45, 7) is 1.81. The number of amides is 1. The first kappa shape index (κ1) is 16.1. The van der Waals surface area contributed by atoms with E-state index < -0.39 is 0 Å². The van der Waals surface area contributed by atoms with Gasteiger partial charge in [-0.3, -0.25) is 4.79 Å². The molecule has 2 aromatic carbocycles. The van der Waals surface area contributed by atoms with Gasteiger partial charge in [0, 0.05) is 17.6 Å². The van der Waals surface area contributed by atoms with Crippen LogP contribution in [0, 0.1) is 6.92 Å². The van der Waals surface area contributed by atoms with Gasteiger partial charge in [-0.2, -0.15) is 5.10 Å². The van der Waals surface area contributed by atoms with Gasteiger partial charge in [0.1, 0.15) is 11.4 Å². The van der Waals surface area contributed by atoms with Crippen LogP contribution in [0.25, 0.3) is 0 Å². The van der Waals surface area contributed by atoms with E-state index in [0.29, 0.717) is 33.6 Å². The fourth-order valence-corrected chi connectivity index (χ4v) is 2.41. The molecule has 1 N–H and O–H groups in total. The van der Waals surface area contributed by atoms with Gasteiger partial charge in [-0.1, -0.05) is 29.8 Å². The van der Waals surface area contributed by atoms with Crippen LogP contribution >= 0.6 is 11.6 Å². The van der Waals surface area contributed by atoms with Gasteiger partial charge in [0.2, 0.25) is 5.88 Å². The van der Waals surface area contributed by atoms with Gasteiger partial charge in [0.15, 0.2) is 0 Å². The highest BCUT2D eigenvalue weighted by Gasteiger charge is 2.18. The Balaban J connectivity index is 1.88. The molecule has 0 aliphatic rings. The van der Waals surface area contributed by atoms with Gasteiger partial charge in [-0.15, -0.1) is 0 Å². The van der Waals surface area contributed by atoms with E-state index in [1.807, 2.05) is 25.1 Å². The van der Waals surface area contributed by atoms with E-state index in [1.165, 1.54) is 0 Å². The van der Waals surface area contributed by atoms with Crippen LogP contribution in [0.2, 0.25) is 5.02 Å². The highest BCUT2D eigenvalue weighted by Crippen LogP contribution is 2.32. The summed E-state index contributed by atoms with van der Waals surface area (Å²) in [5, 5.41) is 7.82. The number of nitrogens with one attached hydrogen (secondary N) is 1. The SMILES string of the molecule is Cc1nn(C)c(Oc2ccc(Cl)cc2)c1NC(=O)c1ccccc1. The minimum atomic E-state index is -0.215. The lowest BCUT2D eigenvalue weighted by molar-refractivity contribution is 0.102. The molecule has 24 heavy (non-hydrogen) atoms. The Morgan fingerprint density at radius 3 is 2.46 bits per heavy atom. The molecule has 3 aromatic rings. The number of nitrogens with zero attached hydrogens (tertiary/aromatic N) is 2. The summed E-state index contributed by atoms with van der Waals surface area (Å²) in [7, 11) is 1.76. The lowest BCUT2D eigenvalue weighted by Gasteiger charge is -2.10. The second-order valence-electron chi connectivity index (χ2n) is 5.27. The van der Waals surface area contributed by atoms with Crippen LogP contribution in [-0.4, -0.2) is 15.7 Å². The summed E-state index contributed by atoms with van der Waals surface area (Å²) < 4.78 is 7.47. The van der Waals surface area contributed by atoms with Crippen molar-refractivity contribution in [3.8, 4) is 11.6 Å². The summed E-state index contributed by atoms with van der Waals surface area (Å²) >= 11 is 5.89. The van der Waals surface area contributed by atoms with E-state index in [1.54, 1.807) is 48.1 Å². The molecule has 6 heteroatoms. The molecule has 0 radical (unpaired) electrons. The number of carbonyl (C=O) groups excluding carboxylic acids is 1. The predicted octanol–water partition coefficient (Wildman–Crippen LogP) is 4.43. The number of halogens is 1. The van der Waals surface area contributed by atoms with Gasteiger partial charge in [0.25, 0.3) is 5.91 Å². The van der Waals surface area contributed by atoms with Crippen molar-refractivity contribution in [3.63, 3.8) is 0 Å². The minimum Gasteiger partial charge on any atom is -0.437 e. The third kappa shape index (κ3) is 3.41. The molecule has 0 aliphatic carbocycles. The van der Waals surface area contributed by atoms with Crippen molar-refractivity contribution in [2.45, 2.75) is 6.92 Å². The Bertz CT molecular complexity index is 858. The molecular formula is C18H16ClN3O2. The Kier molecular flexibility index (Phi) is 4.53. The van der Waals surface area contributed by atoms with E-state index in [2.05, 4.69) is 10.4 Å². The number of ether oxygens (including phenoxy) is 1. The van der Waals surface area contributed by atoms with E-state index in [0.717, 1.165) is 0 Å². The highest BCUT2D eigenvalue weighted by atomic mass is 35.5. The van der Waals surface area contributed by atoms with Crippen LogP contribution < -0.4 is 10.1 Å². The number of rotatable bonds is 4. The molecule has 1 aromatic heterocycles. The number of hydrogen-bond acceptors (Lipinski definition) is 3. The summed E-state index contributed by atoms with van der Waals surface area (Å²) in [6, 6.07) is 16.0. The maximum atomic E-state index is 12.4. The van der Waals surface area contributed by atoms with E-state index in [9.17, 15) is 4.79 Å². The average Bonchev–Trinajstić information content (AvgIpc) is 2.84. The van der Waals surface area contributed by atoms with Crippen molar-refractivity contribution in [2.75, 3.05) is 5.32 Å². The molecule has 1 amide bonds. The number of hydrogen-bond donors (Lipinski definition) is 1. The molecular weight excluding hydrogens is 326 g/mol. The molecule has 3 rings (SSSR count). The van der Waals surface area contributed by atoms with Crippen molar-refractivity contribution in [1.29, 1.82) is 0 Å². The summed E-state index contributed by atoms with van der Waals surface area (Å²) in [5.41, 5.74) is 1.78. The molecule has 0 unspecified atom stereocenters. The number of benzene rings is 2. The molecule has 1 heterocycles. The van der Waals surface area contributed by atoms with E-state index in [-0.39, 0.29) is 5.91 Å². The van der Waals surface area contributed by atoms with Gasteiger partial charge in [-0.25, -0.2) is 4.68 Å². The Morgan fingerprint density at radius 2 is 1.79 bits per heavy atom. The first-order valence-electron chi connectivity index (χ1n) is 7.38. The zero-order chi connectivity index (χ0) is 17.1. The molecule has 122 valence electrons. The van der Waals surface area contributed by atoms with Gasteiger partial charge < -0.3 is 10.1 Å². The zero-order valence-corrected chi connectivity index (χ0v) is 14.0. The van der Waals surface area contributed by atoms with Crippen molar-refractivity contribution in [2.24, 2.45) is 7.05 Å². The second-order valence-corrected chi connectivity index (χ2v) is 5.70. The number of aromatic nitrogens is 2. The number of aryl methyl sites for hydroxylation is 2. The van der Waals surface area contributed by atoms with Crippen molar-refractivity contribution in [1.82, 2.24) is 9.78 Å². The van der Waals surface area contributed by atoms with E-state index >= 15 is 0 Å². The molecule has 0 bridgehead atoms. The van der Waals surface area contributed by atoms with Crippen LogP contribution in [0.1, 0.15) is 16.1 Å². The van der Waals surface area contributed by atoms with Crippen LogP contribution in [0.3, 0.4) is 0 Å². The molecule has 0 saturated heterocycles. The van der Waals surface area contributed by atoms with E-state index in [4.69, 9.17) is 16.3 Å². The number of carbonyl (C=O) groups is 1. The molecule has 0 saturated carbocycles. The fourth-order valence-electron chi connectivity index (χ4n) is 2.29. The van der Waals surface area contributed by atoms with Crippen LogP contribution in [0.15, 0.2) is 54.6 Å². The molecule has 0 spiro atoms. The van der Waals surface area contributed by atoms with Crippen molar-refractivity contribution < 1.29 is 9.53 Å². The lowest BCUT2D eigenvalue weighted by atomic mass is 10.2. The maximum Gasteiger partial charge on any atom is 0.255 e. The van der Waals surface area contributed by atoms with Gasteiger partial charge >= 0.3 is 0 Å². The number of anilines is 1. The summed E-state index contributed by atoms with van der Waals surface area (Å²) in [5.74, 6) is 0.851. The normalized spacial score (nSPS) is 10.5.